The second-order valence-electron chi connectivity index (χ2n) is 50.0. The third-order valence-corrected chi connectivity index (χ3v) is 45.0. The van der Waals surface area contributed by atoms with Crippen molar-refractivity contribution in [2.75, 3.05) is 10.7 Å². The van der Waals surface area contributed by atoms with Crippen LogP contribution in [0.5, 0.6) is 0 Å². The van der Waals surface area contributed by atoms with Gasteiger partial charge in [-0.15, -0.1) is 0 Å². The third-order valence-electron chi connectivity index (χ3n) is 43.9. The molecule has 0 aliphatic heterocycles. The molecule has 20 saturated carbocycles. The van der Waals surface area contributed by atoms with Crippen LogP contribution < -0.4 is 0 Å². The maximum Gasteiger partial charge on any atom is 0.147 e. The molecule has 0 aromatic heterocycles. The first-order chi connectivity index (χ1) is 56.2. The van der Waals surface area contributed by atoms with E-state index in [4.69, 9.17) is 0 Å². The molecular weight excluding hydrogens is 1690 g/mol. The lowest BCUT2D eigenvalue weighted by molar-refractivity contribution is -0.130. The molecule has 0 heterocycles. The number of fused-ring (bicyclic) bond motifs is 25. The Hall–Kier alpha value is -0.160. The zero-order valence-corrected chi connectivity index (χ0v) is 81.8. The summed E-state index contributed by atoms with van der Waals surface area (Å²) < 4.78 is 0. The van der Waals surface area contributed by atoms with Crippen molar-refractivity contribution in [3.8, 4) is 0 Å². The van der Waals surface area contributed by atoms with Gasteiger partial charge in [0, 0.05) is 46.0 Å². The van der Waals surface area contributed by atoms with Gasteiger partial charge in [-0.3, -0.25) is 19.2 Å². The van der Waals surface area contributed by atoms with Gasteiger partial charge < -0.3 is 30.6 Å². The molecule has 20 aliphatic rings. The van der Waals surface area contributed by atoms with Gasteiger partial charge in [-0.2, -0.15) is 0 Å². The number of ketones is 4. The summed E-state index contributed by atoms with van der Waals surface area (Å²) in [5.41, 5.74) is -0.563. The molecule has 10 nitrogen and oxygen atoms in total. The predicted molar refractivity (Wildman–Crippen MR) is 518 cm³/mol. The van der Waals surface area contributed by atoms with Crippen molar-refractivity contribution in [2.45, 2.75) is 443 Å². The molecule has 6 N–H and O–H groups in total. The Kier molecular flexibility index (Phi) is 33.3. The molecule has 123 heavy (non-hydrogen) atoms. The summed E-state index contributed by atoms with van der Waals surface area (Å²) in [6.45, 7) is 28.1. The average molecular weight is 1880 g/mol. The Balaban J connectivity index is 0.000000148. The molecule has 1 unspecified atom stereocenters. The van der Waals surface area contributed by atoms with Gasteiger partial charge in [0.05, 0.1) is 44.8 Å². The van der Waals surface area contributed by atoms with Crippen molar-refractivity contribution in [1.82, 2.24) is 0 Å². The number of hydrogen-bond acceptors (Lipinski definition) is 12. The van der Waals surface area contributed by atoms with E-state index in [1.807, 2.05) is 48.5 Å². The predicted octanol–water partition coefficient (Wildman–Crippen LogP) is 26.1. The van der Waals surface area contributed by atoms with Crippen molar-refractivity contribution in [3.05, 3.63) is 0 Å². The van der Waals surface area contributed by atoms with E-state index in [1.54, 1.807) is 0 Å². The molecule has 20 fully saturated rings. The Morgan fingerprint density at radius 3 is 0.691 bits per heavy atom. The number of aliphatic hydroxyl groups is 6. The van der Waals surface area contributed by atoms with E-state index in [-0.39, 0.29) is 46.6 Å². The molecule has 0 bridgehead atoms. The summed E-state index contributed by atoms with van der Waals surface area (Å²) in [7, 11) is 0. The second kappa shape index (κ2) is 39.6. The topological polar surface area (TPSA) is 190 Å². The minimum Gasteiger partial charge on any atom is -0.393 e. The second-order valence-corrected chi connectivity index (χ2v) is 51.1. The van der Waals surface area contributed by atoms with Gasteiger partial charge in [0.15, 0.2) is 0 Å². The molecule has 0 aromatic carbocycles. The lowest BCUT2D eigenvalue weighted by Crippen LogP contribution is -2.51. The van der Waals surface area contributed by atoms with E-state index in [2.05, 4.69) is 95.8 Å². The van der Waals surface area contributed by atoms with Gasteiger partial charge in [0.1, 0.15) is 23.1 Å². The standard InChI is InChI=1S/2C21H33BrO2.C21H36O2.2C21H34O2.4CH4.S2/c2*1-20(24)9-7-14-13(11-20)3-4-16-15(14)8-10-21(2)17(16)5-6-18(21)19(23)12-22;3*1-13(22)18-6-7-19-17-5-4-14-12-20(2,23)10-8-15(14)16(17)9-11-21(18,19)3;;;;;1-2/h2*13-18,24H,3-12H2,1-2H3;13-19,22-23H,4-12H2,1-3H3;2*14-19,23H,4-12H2,1-3H3;4*1H4;/t13-,14-,15+,16+,17-,18+,20+,21-;13-,14-,15+,16+,17-,18+,20-,21-;13?,14-,15-,16+,17+,18+,19-,20+,21+;14-,15-,16+,17+,18+,19-,20+,21+;14-,15-,16+,17+,18+,19-,20-,21+;;;;;/m00000...../s1. The van der Waals surface area contributed by atoms with E-state index in [0.29, 0.717) is 79.6 Å². The molecular formula is C109H186Br2O10S2. The number of carbonyl (C=O) groups is 4. The number of hydrogen-bond donors (Lipinski definition) is 6. The highest BCUT2D eigenvalue weighted by molar-refractivity contribution is 9.09. The summed E-state index contributed by atoms with van der Waals surface area (Å²) in [5.74, 6) is 24.4. The van der Waals surface area contributed by atoms with Crippen LogP contribution in [0, 0.1) is 205 Å². The van der Waals surface area contributed by atoms with E-state index in [9.17, 15) is 49.8 Å². The van der Waals surface area contributed by atoms with E-state index in [0.717, 1.165) is 238 Å². The fourth-order valence-corrected chi connectivity index (χ4v) is 39.6. The van der Waals surface area contributed by atoms with Crippen LogP contribution in [-0.4, -0.2) is 98.5 Å². The molecule has 0 amide bonds. The van der Waals surface area contributed by atoms with Gasteiger partial charge in [0.2, 0.25) is 0 Å². The molecule has 14 heteroatoms. The number of halogens is 2. The Morgan fingerprint density at radius 1 is 0.276 bits per heavy atom. The molecule has 20 aliphatic carbocycles. The first-order valence-electron chi connectivity index (χ1n) is 50.8. The van der Waals surface area contributed by atoms with Crippen LogP contribution in [0.25, 0.3) is 0 Å². The Labute approximate surface area is 779 Å². The van der Waals surface area contributed by atoms with Crippen LogP contribution in [0.2, 0.25) is 0 Å². The van der Waals surface area contributed by atoms with Crippen LogP contribution in [-0.2, 0) is 41.6 Å². The number of carbonyl (C=O) groups excluding carboxylic acids is 4. The van der Waals surface area contributed by atoms with Gasteiger partial charge in [-0.1, -0.05) is 96.2 Å². The zero-order chi connectivity index (χ0) is 85.4. The van der Waals surface area contributed by atoms with Crippen LogP contribution >= 0.6 is 31.9 Å². The summed E-state index contributed by atoms with van der Waals surface area (Å²) >= 11 is 14.2. The first kappa shape index (κ1) is 103. The highest BCUT2D eigenvalue weighted by Crippen LogP contribution is 2.72. The summed E-state index contributed by atoms with van der Waals surface area (Å²) in [5, 5.41) is 63.7. The van der Waals surface area contributed by atoms with E-state index in [1.165, 1.54) is 199 Å². The molecule has 708 valence electrons. The molecule has 20 rings (SSSR count). The van der Waals surface area contributed by atoms with E-state index < -0.39 is 28.0 Å². The van der Waals surface area contributed by atoms with Crippen LogP contribution in [0.15, 0.2) is 0 Å². The van der Waals surface area contributed by atoms with Crippen LogP contribution in [0.3, 0.4) is 0 Å². The number of rotatable bonds is 7. The molecule has 0 aromatic rings. The van der Waals surface area contributed by atoms with Crippen molar-refractivity contribution < 1.29 is 49.8 Å². The molecule has 0 spiro atoms. The van der Waals surface area contributed by atoms with Gasteiger partial charge in [-0.25, -0.2) is 0 Å². The first-order valence-corrected chi connectivity index (χ1v) is 54.4. The quantitative estimate of drug-likeness (QED) is 0.133. The highest BCUT2D eigenvalue weighted by atomic mass is 79.9. The molecule has 41 atom stereocenters. The summed E-state index contributed by atoms with van der Waals surface area (Å²) in [6, 6.07) is 0. The molecule has 0 radical (unpaired) electrons. The summed E-state index contributed by atoms with van der Waals surface area (Å²) in [6.07, 6.45) is 54.9. The highest BCUT2D eigenvalue weighted by Gasteiger charge is 2.65. The fraction of sp³-hybridized carbons (Fsp3) is 0.963. The van der Waals surface area contributed by atoms with Crippen LogP contribution in [0.4, 0.5) is 0 Å². The minimum atomic E-state index is -0.419. The maximum absolute atomic E-state index is 12.5. The average Bonchev–Trinajstić information content (AvgIpc) is 1.65. The number of Topliss-reactive ketones (excluding diaryl/α,β-unsaturated/α-hetero) is 4. The van der Waals surface area contributed by atoms with Crippen molar-refractivity contribution >= 4 is 77.4 Å². The summed E-state index contributed by atoms with van der Waals surface area (Å²) in [4.78, 5) is 49.2. The van der Waals surface area contributed by atoms with Gasteiger partial charge >= 0.3 is 0 Å². The molecule has 0 saturated heterocycles. The maximum atomic E-state index is 12.5. The Morgan fingerprint density at radius 2 is 0.472 bits per heavy atom. The largest absolute Gasteiger partial charge is 0.393 e. The van der Waals surface area contributed by atoms with Gasteiger partial charge in [-0.05, 0) is 525 Å². The zero-order valence-electron chi connectivity index (χ0n) is 77.0. The normalized spacial score (nSPS) is 52.6. The van der Waals surface area contributed by atoms with Crippen molar-refractivity contribution in [3.63, 3.8) is 0 Å². The third kappa shape index (κ3) is 19.6. The fourth-order valence-electron chi connectivity index (χ4n) is 38.8. The van der Waals surface area contributed by atoms with Crippen molar-refractivity contribution in [1.29, 1.82) is 0 Å². The van der Waals surface area contributed by atoms with Crippen molar-refractivity contribution in [2.24, 2.45) is 205 Å². The number of aliphatic hydroxyl groups excluding tert-OH is 1. The minimum absolute atomic E-state index is 0. The number of alkyl halides is 2. The van der Waals surface area contributed by atoms with E-state index >= 15 is 0 Å². The van der Waals surface area contributed by atoms with Gasteiger partial charge in [0.25, 0.3) is 0 Å². The van der Waals surface area contributed by atoms with Crippen LogP contribution in [0.1, 0.15) is 409 Å². The SMILES string of the molecule is C.C.C.C.CC(=O)[C@H]1CC[C@H]2[C@@H]3CC[C@H]4C[C@@](C)(O)CC[C@@H]4[C@H]3CC[C@]12C.CC(=O)[C@H]1CC[C@H]2[C@@H]3CC[C@H]4C[C@](C)(O)CC[C@@H]4[C@H]3CC[C@]12C.CC(O)[C@H]1CC[C@H]2[C@@H]3CC[C@H]4C[C@](C)(O)CC[C@@H]4[C@H]3CC[C@]12C.C[C@@]1(O)CC[C@H]2[C@@H](CC[C@@H]3[C@@H]2CC[C@]2(C)[C@@H](C(=O)CBr)CC[C@@H]32)C1.C[C@]1(O)CC[C@H]2[C@@H](CC[C@@H]3[C@@H]2CC[C@]2(C)[C@@H](C(=O)CBr)CC[C@@H]32)C1.S=S. The lowest BCUT2D eigenvalue weighted by Gasteiger charge is -2.57. The smallest absolute Gasteiger partial charge is 0.147 e. The monoisotopic (exact) mass is 1880 g/mol. The Bertz CT molecular complexity index is 3380. The lowest BCUT2D eigenvalue weighted by atomic mass is 9.49.